The van der Waals surface area contributed by atoms with Gasteiger partial charge in [0, 0.05) is 39.3 Å². The molecule has 1 amide bonds. The van der Waals surface area contributed by atoms with Crippen molar-refractivity contribution in [2.75, 3.05) is 31.1 Å². The maximum Gasteiger partial charge on any atom is 0.268 e. The van der Waals surface area contributed by atoms with Crippen LogP contribution in [-0.4, -0.2) is 57.8 Å². The number of anilines is 1. The number of nitrogens with zero attached hydrogens (tertiary/aromatic N) is 5. The lowest BCUT2D eigenvalue weighted by Gasteiger charge is -2.34. The molecule has 0 spiro atoms. The van der Waals surface area contributed by atoms with Crippen molar-refractivity contribution < 1.29 is 9.53 Å². The molecular formula is C19H26N6O3. The van der Waals surface area contributed by atoms with E-state index in [4.69, 9.17) is 4.74 Å². The van der Waals surface area contributed by atoms with Gasteiger partial charge >= 0.3 is 0 Å². The molecule has 0 aliphatic carbocycles. The Morgan fingerprint density at radius 2 is 2.18 bits per heavy atom. The Labute approximate surface area is 163 Å². The normalized spacial score (nSPS) is 19.3. The van der Waals surface area contributed by atoms with Crippen LogP contribution < -0.4 is 15.8 Å². The van der Waals surface area contributed by atoms with Gasteiger partial charge in [0.1, 0.15) is 0 Å². The zero-order valence-electron chi connectivity index (χ0n) is 16.1. The predicted molar refractivity (Wildman–Crippen MR) is 104 cm³/mol. The summed E-state index contributed by atoms with van der Waals surface area (Å²) in [7, 11) is 1.63. The molecule has 9 nitrogen and oxygen atoms in total. The van der Waals surface area contributed by atoms with Crippen LogP contribution in [0.1, 0.15) is 35.3 Å². The maximum atomic E-state index is 12.5. The molecule has 1 saturated heterocycles. The number of ether oxygens (including phenoxy) is 1. The summed E-state index contributed by atoms with van der Waals surface area (Å²) in [6, 6.07) is 1.60. The highest BCUT2D eigenvalue weighted by Crippen LogP contribution is 2.18. The fourth-order valence-corrected chi connectivity index (χ4v) is 3.81. The molecule has 28 heavy (non-hydrogen) atoms. The first-order chi connectivity index (χ1) is 13.6. The second-order valence-electron chi connectivity index (χ2n) is 7.34. The van der Waals surface area contributed by atoms with Crippen LogP contribution in [0.25, 0.3) is 0 Å². The molecule has 150 valence electrons. The summed E-state index contributed by atoms with van der Waals surface area (Å²) in [4.78, 5) is 26.4. The average molecular weight is 386 g/mol. The van der Waals surface area contributed by atoms with Crippen molar-refractivity contribution in [3.8, 4) is 0 Å². The summed E-state index contributed by atoms with van der Waals surface area (Å²) in [6.45, 7) is 3.42. The van der Waals surface area contributed by atoms with Gasteiger partial charge in [-0.1, -0.05) is 0 Å². The van der Waals surface area contributed by atoms with Gasteiger partial charge in [-0.3, -0.25) is 14.3 Å². The third kappa shape index (κ3) is 3.94. The third-order valence-corrected chi connectivity index (χ3v) is 5.44. The summed E-state index contributed by atoms with van der Waals surface area (Å²) in [6.07, 6.45) is 7.23. The van der Waals surface area contributed by atoms with Crippen molar-refractivity contribution in [3.05, 3.63) is 40.1 Å². The number of nitrogens with one attached hydrogen (secondary N) is 1. The van der Waals surface area contributed by atoms with Crippen LogP contribution in [0.15, 0.2) is 23.3 Å². The van der Waals surface area contributed by atoms with Crippen molar-refractivity contribution in [1.82, 2.24) is 24.9 Å². The Balaban J connectivity index is 1.30. The summed E-state index contributed by atoms with van der Waals surface area (Å²) >= 11 is 0. The van der Waals surface area contributed by atoms with Gasteiger partial charge in [-0.05, 0) is 25.7 Å². The molecule has 1 fully saturated rings. The number of carbonyl (C=O) groups excluding carboxylic acids is 1. The Morgan fingerprint density at radius 1 is 1.29 bits per heavy atom. The molecule has 2 aromatic rings. The predicted octanol–water partition coefficient (Wildman–Crippen LogP) is 0.338. The first-order valence-electron chi connectivity index (χ1n) is 9.84. The van der Waals surface area contributed by atoms with Crippen LogP contribution in [0.3, 0.4) is 0 Å². The number of rotatable bonds is 5. The molecule has 0 radical (unpaired) electrons. The number of hydrogen-bond acceptors (Lipinski definition) is 6. The van der Waals surface area contributed by atoms with Gasteiger partial charge in [-0.15, -0.1) is 0 Å². The molecule has 4 rings (SSSR count). The lowest BCUT2D eigenvalue weighted by molar-refractivity contribution is 0.0353. The first-order valence-corrected chi connectivity index (χ1v) is 9.84. The number of amides is 1. The van der Waals surface area contributed by atoms with Crippen LogP contribution in [0.4, 0.5) is 5.69 Å². The molecule has 2 aliphatic rings. The second kappa shape index (κ2) is 8.14. The van der Waals surface area contributed by atoms with Crippen molar-refractivity contribution >= 4 is 11.6 Å². The number of hydrogen-bond donors (Lipinski definition) is 1. The van der Waals surface area contributed by atoms with Gasteiger partial charge in [0.05, 0.1) is 42.0 Å². The highest BCUT2D eigenvalue weighted by molar-refractivity contribution is 5.95. The van der Waals surface area contributed by atoms with E-state index in [-0.39, 0.29) is 17.6 Å². The monoisotopic (exact) mass is 386 g/mol. The Bertz CT molecular complexity index is 905. The van der Waals surface area contributed by atoms with Crippen molar-refractivity contribution in [1.29, 1.82) is 0 Å². The smallest absolute Gasteiger partial charge is 0.268 e. The molecule has 0 bridgehead atoms. The van der Waals surface area contributed by atoms with Gasteiger partial charge < -0.3 is 15.0 Å². The number of morpholine rings is 1. The number of aryl methyl sites for hydroxylation is 2. The molecular weight excluding hydrogens is 360 g/mol. The van der Waals surface area contributed by atoms with Gasteiger partial charge in [0.2, 0.25) is 0 Å². The van der Waals surface area contributed by atoms with Crippen LogP contribution in [0, 0.1) is 0 Å². The van der Waals surface area contributed by atoms with E-state index in [9.17, 15) is 9.59 Å². The molecule has 1 unspecified atom stereocenters. The minimum absolute atomic E-state index is 0.000754. The quantitative estimate of drug-likeness (QED) is 0.796. The molecule has 2 aliphatic heterocycles. The van der Waals surface area contributed by atoms with Gasteiger partial charge in [0.15, 0.2) is 0 Å². The number of fused-ring (bicyclic) bond motifs is 1. The summed E-state index contributed by atoms with van der Waals surface area (Å²) in [5, 5.41) is 11.4. The zero-order valence-corrected chi connectivity index (χ0v) is 16.1. The lowest BCUT2D eigenvalue weighted by atomic mass is 10.1. The van der Waals surface area contributed by atoms with Crippen molar-refractivity contribution in [3.63, 3.8) is 0 Å². The molecule has 0 aromatic carbocycles. The molecule has 1 N–H and O–H groups in total. The van der Waals surface area contributed by atoms with Crippen LogP contribution in [-0.2, 0) is 24.8 Å². The van der Waals surface area contributed by atoms with E-state index >= 15 is 0 Å². The summed E-state index contributed by atoms with van der Waals surface area (Å²) in [5.41, 5.74) is 2.42. The van der Waals surface area contributed by atoms with Crippen molar-refractivity contribution in [2.24, 2.45) is 7.05 Å². The standard InChI is InChI=1S/C19H26N6O3/c1-23-18(26)10-14(11-21-23)24-8-9-28-15(13-24)5-6-20-19(27)16-12-22-25-7-3-2-4-17(16)25/h10-12,15H,2-9,13H2,1H3,(H,20,27). The average Bonchev–Trinajstić information content (AvgIpc) is 3.14. The maximum absolute atomic E-state index is 12.5. The van der Waals surface area contributed by atoms with E-state index in [0.717, 1.165) is 43.7 Å². The second-order valence-corrected chi connectivity index (χ2v) is 7.34. The molecule has 1 atom stereocenters. The van der Waals surface area contributed by atoms with Crippen LogP contribution in [0.5, 0.6) is 0 Å². The number of carbonyl (C=O) groups is 1. The minimum atomic E-state index is -0.127. The van der Waals surface area contributed by atoms with E-state index in [1.54, 1.807) is 25.5 Å². The first kappa shape index (κ1) is 18.7. The van der Waals surface area contributed by atoms with Gasteiger partial charge in [0.25, 0.3) is 11.5 Å². The Kier molecular flexibility index (Phi) is 5.43. The molecule has 4 heterocycles. The highest BCUT2D eigenvalue weighted by Gasteiger charge is 2.23. The third-order valence-electron chi connectivity index (χ3n) is 5.44. The largest absolute Gasteiger partial charge is 0.374 e. The van der Waals surface area contributed by atoms with E-state index in [2.05, 4.69) is 20.4 Å². The highest BCUT2D eigenvalue weighted by atomic mass is 16.5. The number of aromatic nitrogens is 4. The van der Waals surface area contributed by atoms with Crippen molar-refractivity contribution in [2.45, 2.75) is 38.3 Å². The van der Waals surface area contributed by atoms with E-state index in [0.29, 0.717) is 31.7 Å². The molecule has 9 heteroatoms. The molecule has 2 aromatic heterocycles. The Morgan fingerprint density at radius 3 is 3.04 bits per heavy atom. The zero-order chi connectivity index (χ0) is 19.5. The lowest BCUT2D eigenvalue weighted by Crippen LogP contribution is -2.44. The van der Waals surface area contributed by atoms with Crippen LogP contribution in [0.2, 0.25) is 0 Å². The SMILES string of the molecule is Cn1ncc(N2CCOC(CCNC(=O)c3cnn4c3CCCC4)C2)cc1=O. The van der Waals surface area contributed by atoms with Gasteiger partial charge in [-0.25, -0.2) is 4.68 Å². The van der Waals surface area contributed by atoms with E-state index < -0.39 is 0 Å². The van der Waals surface area contributed by atoms with Crippen LogP contribution >= 0.6 is 0 Å². The topological polar surface area (TPSA) is 94.3 Å². The Hall–Kier alpha value is -2.68. The molecule has 0 saturated carbocycles. The van der Waals surface area contributed by atoms with E-state index in [1.165, 1.54) is 4.68 Å². The summed E-state index contributed by atoms with van der Waals surface area (Å²) in [5.74, 6) is -0.0634. The fraction of sp³-hybridized carbons (Fsp3) is 0.579. The minimum Gasteiger partial charge on any atom is -0.374 e. The summed E-state index contributed by atoms with van der Waals surface area (Å²) < 4.78 is 9.09. The fourth-order valence-electron chi connectivity index (χ4n) is 3.81. The van der Waals surface area contributed by atoms with Gasteiger partial charge in [-0.2, -0.15) is 10.2 Å². The van der Waals surface area contributed by atoms with E-state index in [1.807, 2.05) is 4.68 Å².